The number of hydrogen-bond donors (Lipinski definition) is 1. The summed E-state index contributed by atoms with van der Waals surface area (Å²) < 4.78 is 5.46. The van der Waals surface area contributed by atoms with Crippen molar-refractivity contribution in [3.8, 4) is 0 Å². The Labute approximate surface area is 118 Å². The van der Waals surface area contributed by atoms with Crippen LogP contribution in [0.5, 0.6) is 0 Å². The Hall–Kier alpha value is -0.120. The van der Waals surface area contributed by atoms with Gasteiger partial charge in [0.15, 0.2) is 0 Å². The maximum absolute atomic E-state index is 10.9. The Bertz CT molecular complexity index is 270. The summed E-state index contributed by atoms with van der Waals surface area (Å²) in [6.07, 6.45) is 5.78. The molecule has 1 N–H and O–H groups in total. The van der Waals surface area contributed by atoms with Gasteiger partial charge in [-0.2, -0.15) is 0 Å². The second-order valence-electron chi connectivity index (χ2n) is 6.77. The predicted molar refractivity (Wildman–Crippen MR) is 78.2 cm³/mol. The fraction of sp³-hybridized carbons (Fsp3) is 1.00. The van der Waals surface area contributed by atoms with Gasteiger partial charge in [-0.3, -0.25) is 4.90 Å². The summed E-state index contributed by atoms with van der Waals surface area (Å²) in [5, 5.41) is 10.9. The van der Waals surface area contributed by atoms with Crippen molar-refractivity contribution in [1.29, 1.82) is 0 Å². The van der Waals surface area contributed by atoms with Gasteiger partial charge in [-0.15, -0.1) is 0 Å². The Balaban J connectivity index is 2.02. The first-order chi connectivity index (χ1) is 9.08. The van der Waals surface area contributed by atoms with Gasteiger partial charge in [0.25, 0.3) is 0 Å². The largest absolute Gasteiger partial charge is 0.391 e. The molecule has 1 saturated heterocycles. The Morgan fingerprint density at radius 1 is 1.21 bits per heavy atom. The number of hydrogen-bond acceptors (Lipinski definition) is 3. The van der Waals surface area contributed by atoms with E-state index in [1.54, 1.807) is 0 Å². The molecule has 1 aliphatic carbocycles. The molecule has 0 aromatic heterocycles. The minimum Gasteiger partial charge on any atom is -0.391 e. The van der Waals surface area contributed by atoms with Crippen LogP contribution in [-0.4, -0.2) is 48.0 Å². The minimum atomic E-state index is -0.192. The van der Waals surface area contributed by atoms with E-state index in [1.807, 2.05) is 0 Å². The van der Waals surface area contributed by atoms with Crippen molar-refractivity contribution < 1.29 is 9.84 Å². The third kappa shape index (κ3) is 3.32. The molecule has 0 amide bonds. The topological polar surface area (TPSA) is 32.7 Å². The molecule has 2 atom stereocenters. The molecule has 2 unspecified atom stereocenters. The van der Waals surface area contributed by atoms with Crippen LogP contribution in [0.3, 0.4) is 0 Å². The molecule has 1 saturated carbocycles. The fourth-order valence-corrected chi connectivity index (χ4v) is 3.80. The second kappa shape index (κ2) is 6.55. The van der Waals surface area contributed by atoms with Crippen molar-refractivity contribution in [1.82, 2.24) is 4.90 Å². The maximum Gasteiger partial charge on any atom is 0.0749 e. The van der Waals surface area contributed by atoms with Crippen molar-refractivity contribution >= 4 is 0 Å². The van der Waals surface area contributed by atoms with Crippen molar-refractivity contribution in [2.75, 3.05) is 26.3 Å². The van der Waals surface area contributed by atoms with E-state index in [-0.39, 0.29) is 11.6 Å². The quantitative estimate of drug-likeness (QED) is 0.851. The summed E-state index contributed by atoms with van der Waals surface area (Å²) in [6, 6.07) is 0. The lowest BCUT2D eigenvalue weighted by Crippen LogP contribution is -2.59. The first-order valence-electron chi connectivity index (χ1n) is 8.08. The number of aliphatic hydroxyl groups is 1. The van der Waals surface area contributed by atoms with Gasteiger partial charge in [0, 0.05) is 18.6 Å². The SMILES string of the molecule is CCC(C)(C(O)C1CCC(C)CC1)N1CCOCC1. The van der Waals surface area contributed by atoms with Crippen molar-refractivity contribution in [3.63, 3.8) is 0 Å². The molecule has 3 heteroatoms. The average Bonchev–Trinajstić information content (AvgIpc) is 2.47. The van der Waals surface area contributed by atoms with E-state index in [9.17, 15) is 5.11 Å². The molecular formula is C16H31NO2. The van der Waals surface area contributed by atoms with Crippen molar-refractivity contribution in [2.45, 2.75) is 64.5 Å². The summed E-state index contributed by atoms with van der Waals surface area (Å²) in [4.78, 5) is 2.46. The molecule has 2 fully saturated rings. The zero-order chi connectivity index (χ0) is 13.9. The van der Waals surface area contributed by atoms with Gasteiger partial charge in [-0.25, -0.2) is 0 Å². The summed E-state index contributed by atoms with van der Waals surface area (Å²) in [5.74, 6) is 1.34. The van der Waals surface area contributed by atoms with Gasteiger partial charge in [0.2, 0.25) is 0 Å². The average molecular weight is 269 g/mol. The minimum absolute atomic E-state index is 0.0744. The van der Waals surface area contributed by atoms with E-state index >= 15 is 0 Å². The molecule has 0 bridgehead atoms. The van der Waals surface area contributed by atoms with Crippen LogP contribution in [0.15, 0.2) is 0 Å². The van der Waals surface area contributed by atoms with E-state index in [2.05, 4.69) is 25.7 Å². The van der Waals surface area contributed by atoms with Gasteiger partial charge >= 0.3 is 0 Å². The Kier molecular flexibility index (Phi) is 5.27. The summed E-state index contributed by atoms with van der Waals surface area (Å²) in [6.45, 7) is 10.3. The monoisotopic (exact) mass is 269 g/mol. The smallest absolute Gasteiger partial charge is 0.0749 e. The third-order valence-electron chi connectivity index (χ3n) is 5.59. The van der Waals surface area contributed by atoms with Crippen molar-refractivity contribution in [2.24, 2.45) is 11.8 Å². The normalized spacial score (nSPS) is 34.7. The zero-order valence-electron chi connectivity index (χ0n) is 12.9. The van der Waals surface area contributed by atoms with Crippen LogP contribution < -0.4 is 0 Å². The standard InChI is InChI=1S/C16H31NO2/c1-4-16(3,17-9-11-19-12-10-17)15(18)14-7-5-13(2)6-8-14/h13-15,18H,4-12H2,1-3H3. The molecule has 0 radical (unpaired) electrons. The maximum atomic E-state index is 10.9. The van der Waals surface area contributed by atoms with Gasteiger partial charge < -0.3 is 9.84 Å². The highest BCUT2D eigenvalue weighted by molar-refractivity contribution is 4.96. The highest BCUT2D eigenvalue weighted by Gasteiger charge is 2.42. The van der Waals surface area contributed by atoms with E-state index < -0.39 is 0 Å². The Morgan fingerprint density at radius 3 is 2.32 bits per heavy atom. The van der Waals surface area contributed by atoms with Crippen molar-refractivity contribution in [3.05, 3.63) is 0 Å². The molecule has 0 aromatic carbocycles. The fourth-order valence-electron chi connectivity index (χ4n) is 3.80. The van der Waals surface area contributed by atoms with Crippen LogP contribution in [0, 0.1) is 11.8 Å². The summed E-state index contributed by atoms with van der Waals surface area (Å²) in [7, 11) is 0. The van der Waals surface area contributed by atoms with Gasteiger partial charge in [-0.1, -0.05) is 26.7 Å². The first-order valence-corrected chi connectivity index (χ1v) is 8.08. The molecule has 0 aromatic rings. The highest BCUT2D eigenvalue weighted by Crippen LogP contribution is 2.37. The lowest BCUT2D eigenvalue weighted by atomic mass is 9.73. The number of aliphatic hydroxyl groups excluding tert-OH is 1. The van der Waals surface area contributed by atoms with E-state index in [1.165, 1.54) is 25.7 Å². The van der Waals surface area contributed by atoms with Crippen LogP contribution >= 0.6 is 0 Å². The third-order valence-corrected chi connectivity index (χ3v) is 5.59. The van der Waals surface area contributed by atoms with Crippen LogP contribution in [-0.2, 0) is 4.74 Å². The van der Waals surface area contributed by atoms with E-state index in [0.29, 0.717) is 5.92 Å². The molecule has 2 rings (SSSR count). The summed E-state index contributed by atoms with van der Waals surface area (Å²) >= 11 is 0. The Morgan fingerprint density at radius 2 is 1.79 bits per heavy atom. The van der Waals surface area contributed by atoms with Gasteiger partial charge in [-0.05, 0) is 38.0 Å². The number of morpholine rings is 1. The lowest BCUT2D eigenvalue weighted by Gasteiger charge is -2.49. The van der Waals surface area contributed by atoms with Crippen LogP contribution in [0.4, 0.5) is 0 Å². The van der Waals surface area contributed by atoms with E-state index in [4.69, 9.17) is 4.74 Å². The van der Waals surface area contributed by atoms with Crippen LogP contribution in [0.2, 0.25) is 0 Å². The van der Waals surface area contributed by atoms with Crippen LogP contribution in [0.25, 0.3) is 0 Å². The van der Waals surface area contributed by atoms with E-state index in [0.717, 1.165) is 38.6 Å². The zero-order valence-corrected chi connectivity index (χ0v) is 12.9. The van der Waals surface area contributed by atoms with Gasteiger partial charge in [0.05, 0.1) is 19.3 Å². The molecule has 3 nitrogen and oxygen atoms in total. The first kappa shape index (κ1) is 15.3. The molecule has 19 heavy (non-hydrogen) atoms. The molecule has 1 heterocycles. The molecule has 112 valence electrons. The number of rotatable bonds is 4. The molecule has 2 aliphatic rings. The number of ether oxygens (including phenoxy) is 1. The predicted octanol–water partition coefficient (Wildman–Crippen LogP) is 2.67. The van der Waals surface area contributed by atoms with Gasteiger partial charge in [0.1, 0.15) is 0 Å². The second-order valence-corrected chi connectivity index (χ2v) is 6.77. The molecule has 0 spiro atoms. The molecule has 1 aliphatic heterocycles. The molecular weight excluding hydrogens is 238 g/mol. The summed E-state index contributed by atoms with van der Waals surface area (Å²) in [5.41, 5.74) is -0.0744. The highest BCUT2D eigenvalue weighted by atomic mass is 16.5. The number of nitrogens with zero attached hydrogens (tertiary/aromatic N) is 1. The lowest BCUT2D eigenvalue weighted by molar-refractivity contribution is -0.0962. The van der Waals surface area contributed by atoms with Crippen LogP contribution in [0.1, 0.15) is 52.9 Å².